The summed E-state index contributed by atoms with van der Waals surface area (Å²) in [6.45, 7) is 1.80. The molecule has 2 aromatic rings. The van der Waals surface area contributed by atoms with Crippen molar-refractivity contribution in [3.63, 3.8) is 0 Å². The van der Waals surface area contributed by atoms with E-state index in [9.17, 15) is 0 Å². The van der Waals surface area contributed by atoms with Crippen LogP contribution in [0, 0.1) is 0 Å². The molecule has 0 radical (unpaired) electrons. The summed E-state index contributed by atoms with van der Waals surface area (Å²) in [6.07, 6.45) is 9.28. The van der Waals surface area contributed by atoms with E-state index in [2.05, 4.69) is 30.2 Å². The topological polar surface area (TPSA) is 67.7 Å². The molecule has 0 aliphatic carbocycles. The molecule has 7 heteroatoms. The van der Waals surface area contributed by atoms with Crippen molar-refractivity contribution in [3.05, 3.63) is 29.9 Å². The number of nitrogens with one attached hydrogen (secondary N) is 2. The zero-order valence-corrected chi connectivity index (χ0v) is 11.6. The minimum atomic E-state index is 0.536. The van der Waals surface area contributed by atoms with Crippen molar-refractivity contribution < 1.29 is 0 Å². The van der Waals surface area contributed by atoms with E-state index in [0.29, 0.717) is 16.8 Å². The van der Waals surface area contributed by atoms with Gasteiger partial charge in [-0.2, -0.15) is 4.98 Å². The van der Waals surface area contributed by atoms with Gasteiger partial charge in [0.05, 0.1) is 12.5 Å². The number of halogens is 1. The number of rotatable bonds is 7. The van der Waals surface area contributed by atoms with E-state index in [1.165, 1.54) is 0 Å². The van der Waals surface area contributed by atoms with Gasteiger partial charge in [-0.05, 0) is 12.8 Å². The van der Waals surface area contributed by atoms with Crippen LogP contribution in [0.2, 0.25) is 5.02 Å². The van der Waals surface area contributed by atoms with Crippen LogP contribution in [-0.4, -0.2) is 33.1 Å². The summed E-state index contributed by atoms with van der Waals surface area (Å²) in [4.78, 5) is 12.3. The maximum atomic E-state index is 6.02. The number of imidazole rings is 1. The van der Waals surface area contributed by atoms with Crippen LogP contribution in [0.1, 0.15) is 12.8 Å². The Bertz CT molecular complexity index is 499. The number of aryl methyl sites for hydroxylation is 1. The van der Waals surface area contributed by atoms with Crippen molar-refractivity contribution in [3.8, 4) is 0 Å². The van der Waals surface area contributed by atoms with Crippen LogP contribution in [0.3, 0.4) is 0 Å². The van der Waals surface area contributed by atoms with Crippen molar-refractivity contribution in [2.45, 2.75) is 19.4 Å². The fraction of sp³-hybridized carbons (Fsp3) is 0.417. The molecule has 0 spiro atoms. The number of anilines is 2. The van der Waals surface area contributed by atoms with Crippen LogP contribution in [0.5, 0.6) is 0 Å². The summed E-state index contributed by atoms with van der Waals surface area (Å²) in [5, 5.41) is 6.64. The van der Waals surface area contributed by atoms with E-state index in [4.69, 9.17) is 11.6 Å². The quantitative estimate of drug-likeness (QED) is 0.762. The van der Waals surface area contributed by atoms with E-state index in [0.717, 1.165) is 25.9 Å². The molecule has 2 aromatic heterocycles. The van der Waals surface area contributed by atoms with Gasteiger partial charge in [-0.3, -0.25) is 0 Å². The predicted molar refractivity (Wildman–Crippen MR) is 76.5 cm³/mol. The van der Waals surface area contributed by atoms with Gasteiger partial charge in [0.15, 0.2) is 0 Å². The summed E-state index contributed by atoms with van der Waals surface area (Å²) >= 11 is 6.02. The van der Waals surface area contributed by atoms with Crippen molar-refractivity contribution in [2.24, 2.45) is 0 Å². The Hall–Kier alpha value is -1.82. The Kier molecular flexibility index (Phi) is 4.97. The third-order valence-electron chi connectivity index (χ3n) is 2.66. The molecule has 0 aliphatic rings. The van der Waals surface area contributed by atoms with Gasteiger partial charge in [0, 0.05) is 32.5 Å². The molecule has 0 atom stereocenters. The molecule has 2 N–H and O–H groups in total. The highest BCUT2D eigenvalue weighted by molar-refractivity contribution is 6.32. The molecule has 0 aliphatic heterocycles. The predicted octanol–water partition coefficient (Wildman–Crippen LogP) is 2.26. The maximum Gasteiger partial charge on any atom is 0.224 e. The molecule has 0 amide bonds. The Morgan fingerprint density at radius 1 is 1.37 bits per heavy atom. The lowest BCUT2D eigenvalue weighted by molar-refractivity contribution is 0.620. The normalized spacial score (nSPS) is 10.4. The van der Waals surface area contributed by atoms with Crippen LogP contribution >= 0.6 is 11.6 Å². The standard InChI is InChI=1S/C12H17ClN6/c1-14-12-17-8-10(13)11(18-12)16-4-2-3-6-19-7-5-15-9-19/h5,7-9H,2-4,6H2,1H3,(H2,14,16,17,18). The molecular weight excluding hydrogens is 264 g/mol. The van der Waals surface area contributed by atoms with Crippen molar-refractivity contribution in [1.29, 1.82) is 0 Å². The first-order chi connectivity index (χ1) is 9.29. The van der Waals surface area contributed by atoms with E-state index in [1.54, 1.807) is 19.4 Å². The average Bonchev–Trinajstić information content (AvgIpc) is 2.93. The van der Waals surface area contributed by atoms with Crippen LogP contribution < -0.4 is 10.6 Å². The first-order valence-corrected chi connectivity index (χ1v) is 6.57. The smallest absolute Gasteiger partial charge is 0.224 e. The molecule has 2 rings (SSSR count). The zero-order valence-electron chi connectivity index (χ0n) is 10.8. The highest BCUT2D eigenvalue weighted by atomic mass is 35.5. The average molecular weight is 281 g/mol. The zero-order chi connectivity index (χ0) is 13.5. The maximum absolute atomic E-state index is 6.02. The fourth-order valence-corrected chi connectivity index (χ4v) is 1.81. The molecule has 19 heavy (non-hydrogen) atoms. The Balaban J connectivity index is 1.73. The number of nitrogens with zero attached hydrogens (tertiary/aromatic N) is 4. The third-order valence-corrected chi connectivity index (χ3v) is 2.94. The number of unbranched alkanes of at least 4 members (excludes halogenated alkanes) is 1. The molecule has 6 nitrogen and oxygen atoms in total. The van der Waals surface area contributed by atoms with Gasteiger partial charge in [-0.25, -0.2) is 9.97 Å². The summed E-state index contributed by atoms with van der Waals surface area (Å²) in [6, 6.07) is 0. The first kappa shape index (κ1) is 13.6. The Morgan fingerprint density at radius 2 is 2.26 bits per heavy atom. The second kappa shape index (κ2) is 6.94. The van der Waals surface area contributed by atoms with Crippen LogP contribution in [0.25, 0.3) is 0 Å². The van der Waals surface area contributed by atoms with Gasteiger partial charge < -0.3 is 15.2 Å². The molecular formula is C12H17ClN6. The van der Waals surface area contributed by atoms with E-state index >= 15 is 0 Å². The van der Waals surface area contributed by atoms with Crippen LogP contribution in [-0.2, 0) is 6.54 Å². The summed E-state index contributed by atoms with van der Waals surface area (Å²) in [7, 11) is 1.78. The van der Waals surface area contributed by atoms with Gasteiger partial charge in [-0.1, -0.05) is 11.6 Å². The first-order valence-electron chi connectivity index (χ1n) is 6.19. The van der Waals surface area contributed by atoms with Gasteiger partial charge in [-0.15, -0.1) is 0 Å². The van der Waals surface area contributed by atoms with Crippen molar-refractivity contribution in [2.75, 3.05) is 24.2 Å². The van der Waals surface area contributed by atoms with Crippen LogP contribution in [0.4, 0.5) is 11.8 Å². The SMILES string of the molecule is CNc1ncc(Cl)c(NCCCCn2ccnc2)n1. The highest BCUT2D eigenvalue weighted by Gasteiger charge is 2.03. The minimum absolute atomic E-state index is 0.536. The highest BCUT2D eigenvalue weighted by Crippen LogP contribution is 2.19. The molecule has 0 bridgehead atoms. The second-order valence-corrected chi connectivity index (χ2v) is 4.48. The lowest BCUT2D eigenvalue weighted by Crippen LogP contribution is -2.07. The van der Waals surface area contributed by atoms with E-state index in [1.807, 2.05) is 12.5 Å². The van der Waals surface area contributed by atoms with Crippen molar-refractivity contribution in [1.82, 2.24) is 19.5 Å². The number of hydrogen-bond acceptors (Lipinski definition) is 5. The van der Waals surface area contributed by atoms with Gasteiger partial charge in [0.1, 0.15) is 10.8 Å². The van der Waals surface area contributed by atoms with Gasteiger partial charge in [0.2, 0.25) is 5.95 Å². The van der Waals surface area contributed by atoms with Crippen LogP contribution in [0.15, 0.2) is 24.9 Å². The van der Waals surface area contributed by atoms with Gasteiger partial charge >= 0.3 is 0 Å². The molecule has 0 saturated heterocycles. The molecule has 2 heterocycles. The molecule has 0 fully saturated rings. The van der Waals surface area contributed by atoms with Crippen molar-refractivity contribution >= 4 is 23.4 Å². The lowest BCUT2D eigenvalue weighted by Gasteiger charge is -2.08. The molecule has 0 saturated carbocycles. The fourth-order valence-electron chi connectivity index (χ4n) is 1.66. The molecule has 0 unspecified atom stereocenters. The number of aromatic nitrogens is 4. The summed E-state index contributed by atoms with van der Waals surface area (Å²) in [5.41, 5.74) is 0. The second-order valence-electron chi connectivity index (χ2n) is 4.07. The minimum Gasteiger partial charge on any atom is -0.369 e. The van der Waals surface area contributed by atoms with E-state index < -0.39 is 0 Å². The third kappa shape index (κ3) is 4.10. The molecule has 0 aromatic carbocycles. The summed E-state index contributed by atoms with van der Waals surface area (Å²) < 4.78 is 2.07. The number of hydrogen-bond donors (Lipinski definition) is 2. The largest absolute Gasteiger partial charge is 0.369 e. The Morgan fingerprint density at radius 3 is 3.00 bits per heavy atom. The van der Waals surface area contributed by atoms with E-state index in [-0.39, 0.29) is 0 Å². The Labute approximate surface area is 117 Å². The lowest BCUT2D eigenvalue weighted by atomic mass is 10.3. The van der Waals surface area contributed by atoms with Gasteiger partial charge in [0.25, 0.3) is 0 Å². The summed E-state index contributed by atoms with van der Waals surface area (Å²) in [5.74, 6) is 1.23. The monoisotopic (exact) mass is 280 g/mol. The molecule has 102 valence electrons.